The van der Waals surface area contributed by atoms with E-state index in [4.69, 9.17) is 11.6 Å². The summed E-state index contributed by atoms with van der Waals surface area (Å²) in [5, 5.41) is 14.1. The highest BCUT2D eigenvalue weighted by Gasteiger charge is 2.19. The van der Waals surface area contributed by atoms with Crippen molar-refractivity contribution in [2.24, 2.45) is 5.10 Å². The average molecular weight is 504 g/mol. The van der Waals surface area contributed by atoms with Crippen molar-refractivity contribution in [1.82, 2.24) is 20.2 Å². The van der Waals surface area contributed by atoms with Crippen molar-refractivity contribution < 1.29 is 4.79 Å². The summed E-state index contributed by atoms with van der Waals surface area (Å²) in [7, 11) is 0. The van der Waals surface area contributed by atoms with Crippen molar-refractivity contribution >= 4 is 35.5 Å². The summed E-state index contributed by atoms with van der Waals surface area (Å²) in [6.45, 7) is 6.56. The number of rotatable bonds is 7. The van der Waals surface area contributed by atoms with E-state index in [-0.39, 0.29) is 17.1 Å². The molecule has 6 nitrogen and oxygen atoms in total. The molecule has 1 amide bonds. The van der Waals surface area contributed by atoms with Crippen molar-refractivity contribution in [2.45, 2.75) is 31.3 Å². The van der Waals surface area contributed by atoms with Gasteiger partial charge in [0.1, 0.15) is 0 Å². The number of hydrogen-bond donors (Lipinski definition) is 1. The van der Waals surface area contributed by atoms with Crippen LogP contribution in [0.5, 0.6) is 0 Å². The number of aromatic nitrogens is 3. The van der Waals surface area contributed by atoms with Crippen LogP contribution in [0, 0.1) is 0 Å². The molecule has 4 aromatic rings. The number of hydrazone groups is 1. The lowest BCUT2D eigenvalue weighted by Crippen LogP contribution is -2.20. The van der Waals surface area contributed by atoms with Crippen LogP contribution < -0.4 is 5.43 Å². The normalized spacial score (nSPS) is 11.7. The molecule has 3 aromatic carbocycles. The van der Waals surface area contributed by atoms with Gasteiger partial charge in [-0.25, -0.2) is 5.43 Å². The zero-order valence-electron chi connectivity index (χ0n) is 19.8. The molecule has 0 aliphatic rings. The minimum Gasteiger partial charge on any atom is -0.272 e. The van der Waals surface area contributed by atoms with E-state index in [1.807, 2.05) is 47.0 Å². The highest BCUT2D eigenvalue weighted by Crippen LogP contribution is 2.30. The Kier molecular flexibility index (Phi) is 7.68. The first kappa shape index (κ1) is 24.7. The van der Waals surface area contributed by atoms with Crippen molar-refractivity contribution in [3.8, 4) is 17.1 Å². The number of benzene rings is 3. The fourth-order valence-corrected chi connectivity index (χ4v) is 4.35. The smallest absolute Gasteiger partial charge is 0.250 e. The van der Waals surface area contributed by atoms with E-state index < -0.39 is 0 Å². The molecule has 0 unspecified atom stereocenters. The maximum Gasteiger partial charge on any atom is 0.250 e. The quantitative estimate of drug-likeness (QED) is 0.187. The van der Waals surface area contributed by atoms with Gasteiger partial charge in [0.2, 0.25) is 0 Å². The van der Waals surface area contributed by atoms with Crippen molar-refractivity contribution in [2.75, 3.05) is 5.75 Å². The first-order valence-corrected chi connectivity index (χ1v) is 12.5. The van der Waals surface area contributed by atoms with Gasteiger partial charge >= 0.3 is 0 Å². The standard InChI is InChI=1S/C27H26ClN5OS/c1-27(2,3)21-14-12-20(13-15-21)25-31-32-26(33(25)23-10-5-4-6-11-23)35-18-24(34)30-29-17-19-8-7-9-22(28)16-19/h4-17H,18H2,1-3H3,(H,30,34)/b29-17+. The minimum absolute atomic E-state index is 0.0647. The number of para-hydroxylation sites is 1. The van der Waals surface area contributed by atoms with E-state index in [0.717, 1.165) is 22.6 Å². The maximum atomic E-state index is 12.4. The summed E-state index contributed by atoms with van der Waals surface area (Å²) in [6.07, 6.45) is 1.56. The Morgan fingerprint density at radius 3 is 2.46 bits per heavy atom. The summed E-state index contributed by atoms with van der Waals surface area (Å²) in [5.41, 5.74) is 6.54. The summed E-state index contributed by atoms with van der Waals surface area (Å²) in [6, 6.07) is 25.5. The molecule has 0 aliphatic heterocycles. The van der Waals surface area contributed by atoms with Crippen LogP contribution in [0.3, 0.4) is 0 Å². The van der Waals surface area contributed by atoms with Gasteiger partial charge in [0.25, 0.3) is 5.91 Å². The van der Waals surface area contributed by atoms with E-state index in [1.165, 1.54) is 17.3 Å². The first-order chi connectivity index (χ1) is 16.8. The molecule has 1 heterocycles. The van der Waals surface area contributed by atoms with Crippen LogP contribution >= 0.6 is 23.4 Å². The van der Waals surface area contributed by atoms with E-state index in [2.05, 4.69) is 65.8 Å². The van der Waals surface area contributed by atoms with Gasteiger partial charge in [-0.3, -0.25) is 9.36 Å². The molecule has 178 valence electrons. The Morgan fingerprint density at radius 1 is 1.03 bits per heavy atom. The molecule has 0 aliphatic carbocycles. The zero-order valence-corrected chi connectivity index (χ0v) is 21.3. The molecule has 1 aromatic heterocycles. The van der Waals surface area contributed by atoms with E-state index >= 15 is 0 Å². The van der Waals surface area contributed by atoms with Crippen LogP contribution in [0.4, 0.5) is 0 Å². The third-order valence-corrected chi connectivity index (χ3v) is 6.40. The molecule has 0 fully saturated rings. The van der Waals surface area contributed by atoms with Gasteiger partial charge in [-0.05, 0) is 40.8 Å². The summed E-state index contributed by atoms with van der Waals surface area (Å²) < 4.78 is 1.97. The Morgan fingerprint density at radius 2 is 1.77 bits per heavy atom. The van der Waals surface area contributed by atoms with Gasteiger partial charge in [0, 0.05) is 16.3 Å². The van der Waals surface area contributed by atoms with E-state index in [0.29, 0.717) is 10.2 Å². The molecular formula is C27H26ClN5OS. The number of carbonyl (C=O) groups excluding carboxylic acids is 1. The molecule has 0 bridgehead atoms. The second-order valence-electron chi connectivity index (χ2n) is 8.94. The highest BCUT2D eigenvalue weighted by molar-refractivity contribution is 7.99. The van der Waals surface area contributed by atoms with Gasteiger partial charge in [-0.15, -0.1) is 10.2 Å². The van der Waals surface area contributed by atoms with Crippen molar-refractivity contribution in [3.05, 3.63) is 95.0 Å². The molecule has 0 saturated heterocycles. The van der Waals surface area contributed by atoms with Gasteiger partial charge < -0.3 is 0 Å². The second-order valence-corrected chi connectivity index (χ2v) is 10.3. The Labute approximate surface area is 214 Å². The predicted octanol–water partition coefficient (Wildman–Crippen LogP) is 6.13. The largest absolute Gasteiger partial charge is 0.272 e. The lowest BCUT2D eigenvalue weighted by molar-refractivity contribution is -0.118. The average Bonchev–Trinajstić information content (AvgIpc) is 3.27. The van der Waals surface area contributed by atoms with Gasteiger partial charge in [-0.1, -0.05) is 98.7 Å². The van der Waals surface area contributed by atoms with Crippen LogP contribution in [-0.4, -0.2) is 32.6 Å². The molecule has 0 radical (unpaired) electrons. The number of hydrogen-bond acceptors (Lipinski definition) is 5. The molecule has 0 saturated carbocycles. The Hall–Kier alpha value is -3.42. The third-order valence-electron chi connectivity index (χ3n) is 5.24. The van der Waals surface area contributed by atoms with E-state index in [9.17, 15) is 4.79 Å². The predicted molar refractivity (Wildman–Crippen MR) is 143 cm³/mol. The van der Waals surface area contributed by atoms with Crippen LogP contribution in [0.25, 0.3) is 17.1 Å². The topological polar surface area (TPSA) is 72.2 Å². The number of carbonyl (C=O) groups is 1. The summed E-state index contributed by atoms with van der Waals surface area (Å²) in [5.74, 6) is 0.617. The molecular weight excluding hydrogens is 478 g/mol. The van der Waals surface area contributed by atoms with Crippen LogP contribution in [0.15, 0.2) is 89.1 Å². The van der Waals surface area contributed by atoms with Gasteiger partial charge in [-0.2, -0.15) is 5.10 Å². The number of nitrogens with one attached hydrogen (secondary N) is 1. The zero-order chi connectivity index (χ0) is 24.8. The fourth-order valence-electron chi connectivity index (χ4n) is 3.41. The Bertz CT molecular complexity index is 1330. The minimum atomic E-state index is -0.244. The molecule has 1 N–H and O–H groups in total. The second kappa shape index (κ2) is 10.9. The molecule has 35 heavy (non-hydrogen) atoms. The van der Waals surface area contributed by atoms with Crippen LogP contribution in [-0.2, 0) is 10.2 Å². The van der Waals surface area contributed by atoms with Crippen LogP contribution in [0.2, 0.25) is 5.02 Å². The van der Waals surface area contributed by atoms with Gasteiger partial charge in [0.15, 0.2) is 11.0 Å². The summed E-state index contributed by atoms with van der Waals surface area (Å²) >= 11 is 7.28. The van der Waals surface area contributed by atoms with Crippen LogP contribution in [0.1, 0.15) is 31.9 Å². The fraction of sp³-hybridized carbons (Fsp3) is 0.185. The SMILES string of the molecule is CC(C)(C)c1ccc(-c2nnc(SCC(=O)N/N=C/c3cccc(Cl)c3)n2-c2ccccc2)cc1. The monoisotopic (exact) mass is 503 g/mol. The van der Waals surface area contributed by atoms with Crippen molar-refractivity contribution in [3.63, 3.8) is 0 Å². The lowest BCUT2D eigenvalue weighted by atomic mass is 9.87. The first-order valence-electron chi connectivity index (χ1n) is 11.1. The Balaban J connectivity index is 1.52. The number of nitrogens with zero attached hydrogens (tertiary/aromatic N) is 4. The lowest BCUT2D eigenvalue weighted by Gasteiger charge is -2.19. The molecule has 4 rings (SSSR count). The maximum absolute atomic E-state index is 12.4. The molecule has 0 atom stereocenters. The van der Waals surface area contributed by atoms with E-state index in [1.54, 1.807) is 18.3 Å². The van der Waals surface area contributed by atoms with Crippen molar-refractivity contribution in [1.29, 1.82) is 0 Å². The number of amides is 1. The molecule has 0 spiro atoms. The molecule has 8 heteroatoms. The summed E-state index contributed by atoms with van der Waals surface area (Å²) in [4.78, 5) is 12.4. The van der Waals surface area contributed by atoms with Gasteiger partial charge in [0.05, 0.1) is 12.0 Å². The number of thioether (sulfide) groups is 1. The third kappa shape index (κ3) is 6.38. The number of halogens is 1. The highest BCUT2D eigenvalue weighted by atomic mass is 35.5.